The lowest BCUT2D eigenvalue weighted by Crippen LogP contribution is -2.34. The molecule has 4 heteroatoms. The second-order valence-corrected chi connectivity index (χ2v) is 5.44. The molecule has 0 fully saturated rings. The van der Waals surface area contributed by atoms with Gasteiger partial charge in [-0.25, -0.2) is 0 Å². The quantitative estimate of drug-likeness (QED) is 0.775. The Kier molecular flexibility index (Phi) is 6.52. The van der Waals surface area contributed by atoms with Crippen molar-refractivity contribution in [3.63, 3.8) is 0 Å². The highest BCUT2D eigenvalue weighted by Gasteiger charge is 2.11. The van der Waals surface area contributed by atoms with Gasteiger partial charge in [0.1, 0.15) is 0 Å². The first-order valence-corrected chi connectivity index (χ1v) is 7.17. The second-order valence-electron chi connectivity index (χ2n) is 5.44. The van der Waals surface area contributed by atoms with Gasteiger partial charge >= 0.3 is 0 Å². The number of aryl methyl sites for hydroxylation is 1. The summed E-state index contributed by atoms with van der Waals surface area (Å²) in [6, 6.07) is 6.41. The van der Waals surface area contributed by atoms with Crippen LogP contribution in [0.2, 0.25) is 0 Å². The van der Waals surface area contributed by atoms with E-state index in [-0.39, 0.29) is 5.91 Å². The molecule has 0 spiro atoms. The Balaban J connectivity index is 2.69. The van der Waals surface area contributed by atoms with Crippen LogP contribution < -0.4 is 10.2 Å². The van der Waals surface area contributed by atoms with Crippen molar-refractivity contribution in [2.45, 2.75) is 26.8 Å². The molecule has 1 N–H and O–H groups in total. The zero-order valence-corrected chi connectivity index (χ0v) is 13.4. The number of anilines is 1. The standard InChI is InChI=1S/C16H27N3O/c1-6-9-17-11-14-7-8-15(13(2)10-14)19(5)12-16(20)18(3)4/h7-8,10,17H,6,9,11-12H2,1-5H3. The van der Waals surface area contributed by atoms with Gasteiger partial charge in [-0.15, -0.1) is 0 Å². The van der Waals surface area contributed by atoms with E-state index < -0.39 is 0 Å². The molecule has 0 aliphatic rings. The minimum absolute atomic E-state index is 0.112. The first kappa shape index (κ1) is 16.5. The van der Waals surface area contributed by atoms with Gasteiger partial charge in [-0.3, -0.25) is 4.79 Å². The van der Waals surface area contributed by atoms with E-state index in [1.807, 2.05) is 11.9 Å². The normalized spacial score (nSPS) is 10.4. The molecule has 0 unspecified atom stereocenters. The van der Waals surface area contributed by atoms with Crippen molar-refractivity contribution in [1.82, 2.24) is 10.2 Å². The number of benzene rings is 1. The van der Waals surface area contributed by atoms with E-state index in [1.54, 1.807) is 19.0 Å². The van der Waals surface area contributed by atoms with Crippen LogP contribution in [0.3, 0.4) is 0 Å². The number of carbonyl (C=O) groups is 1. The van der Waals surface area contributed by atoms with Crippen LogP contribution >= 0.6 is 0 Å². The molecule has 0 bridgehead atoms. The Hall–Kier alpha value is -1.55. The van der Waals surface area contributed by atoms with Crippen LogP contribution in [-0.2, 0) is 11.3 Å². The first-order chi connectivity index (χ1) is 9.45. The van der Waals surface area contributed by atoms with Crippen molar-refractivity contribution >= 4 is 11.6 Å². The summed E-state index contributed by atoms with van der Waals surface area (Å²) in [5.74, 6) is 0.112. The van der Waals surface area contributed by atoms with Crippen molar-refractivity contribution in [1.29, 1.82) is 0 Å². The van der Waals surface area contributed by atoms with E-state index in [9.17, 15) is 4.79 Å². The Morgan fingerprint density at radius 3 is 2.50 bits per heavy atom. The van der Waals surface area contributed by atoms with Gasteiger partial charge in [-0.1, -0.05) is 19.1 Å². The summed E-state index contributed by atoms with van der Waals surface area (Å²) in [4.78, 5) is 15.4. The van der Waals surface area contributed by atoms with Gasteiger partial charge in [0.25, 0.3) is 0 Å². The van der Waals surface area contributed by atoms with Gasteiger partial charge < -0.3 is 15.1 Å². The average molecular weight is 277 g/mol. The van der Waals surface area contributed by atoms with Crippen LogP contribution in [0.1, 0.15) is 24.5 Å². The van der Waals surface area contributed by atoms with E-state index in [0.29, 0.717) is 6.54 Å². The van der Waals surface area contributed by atoms with Crippen LogP contribution in [0.15, 0.2) is 18.2 Å². The zero-order chi connectivity index (χ0) is 15.1. The van der Waals surface area contributed by atoms with Gasteiger partial charge in [-0.05, 0) is 37.1 Å². The molecule has 0 saturated carbocycles. The maximum absolute atomic E-state index is 11.8. The van der Waals surface area contributed by atoms with Crippen molar-refractivity contribution < 1.29 is 4.79 Å². The van der Waals surface area contributed by atoms with Gasteiger partial charge in [0, 0.05) is 33.4 Å². The summed E-state index contributed by atoms with van der Waals surface area (Å²) in [6.45, 7) is 6.60. The monoisotopic (exact) mass is 277 g/mol. The smallest absolute Gasteiger partial charge is 0.241 e. The van der Waals surface area contributed by atoms with Crippen LogP contribution in [0.5, 0.6) is 0 Å². The summed E-state index contributed by atoms with van der Waals surface area (Å²) in [7, 11) is 5.52. The predicted octanol–water partition coefficient (Wildman–Crippen LogP) is 2.02. The highest BCUT2D eigenvalue weighted by molar-refractivity contribution is 5.81. The van der Waals surface area contributed by atoms with E-state index >= 15 is 0 Å². The summed E-state index contributed by atoms with van der Waals surface area (Å²) in [6.07, 6.45) is 1.15. The fourth-order valence-electron chi connectivity index (χ4n) is 2.09. The minimum atomic E-state index is 0.112. The number of likely N-dealkylation sites (N-methyl/N-ethyl adjacent to an activating group) is 2. The molecule has 112 valence electrons. The fraction of sp³-hybridized carbons (Fsp3) is 0.562. The van der Waals surface area contributed by atoms with Crippen LogP contribution in [0.4, 0.5) is 5.69 Å². The number of amides is 1. The SMILES string of the molecule is CCCNCc1ccc(N(C)CC(=O)N(C)C)c(C)c1. The van der Waals surface area contributed by atoms with E-state index in [2.05, 4.69) is 37.4 Å². The van der Waals surface area contributed by atoms with E-state index in [4.69, 9.17) is 0 Å². The largest absolute Gasteiger partial charge is 0.365 e. The summed E-state index contributed by atoms with van der Waals surface area (Å²) >= 11 is 0. The third-order valence-corrected chi connectivity index (χ3v) is 3.30. The Bertz CT molecular complexity index is 443. The van der Waals surface area contributed by atoms with Crippen molar-refractivity contribution in [3.8, 4) is 0 Å². The molecule has 0 aliphatic carbocycles. The predicted molar refractivity (Wildman–Crippen MR) is 85.1 cm³/mol. The third-order valence-electron chi connectivity index (χ3n) is 3.30. The molecule has 1 rings (SSSR count). The molecule has 0 saturated heterocycles. The maximum Gasteiger partial charge on any atom is 0.241 e. The van der Waals surface area contributed by atoms with Crippen LogP contribution in [0, 0.1) is 6.92 Å². The van der Waals surface area contributed by atoms with Gasteiger partial charge in [-0.2, -0.15) is 0 Å². The lowest BCUT2D eigenvalue weighted by atomic mass is 10.1. The second kappa shape index (κ2) is 7.90. The van der Waals surface area contributed by atoms with Gasteiger partial charge in [0.2, 0.25) is 5.91 Å². The Labute approximate surface area is 122 Å². The molecule has 0 aromatic heterocycles. The van der Waals surface area contributed by atoms with E-state index in [0.717, 1.165) is 25.2 Å². The summed E-state index contributed by atoms with van der Waals surface area (Å²) in [5.41, 5.74) is 3.60. The highest BCUT2D eigenvalue weighted by atomic mass is 16.2. The summed E-state index contributed by atoms with van der Waals surface area (Å²) < 4.78 is 0. The molecule has 0 aliphatic heterocycles. The van der Waals surface area contributed by atoms with Gasteiger partial charge in [0.15, 0.2) is 0 Å². The van der Waals surface area contributed by atoms with Crippen molar-refractivity contribution in [2.24, 2.45) is 0 Å². The third kappa shape index (κ3) is 4.85. The number of nitrogens with one attached hydrogen (secondary N) is 1. The topological polar surface area (TPSA) is 35.6 Å². The molecule has 4 nitrogen and oxygen atoms in total. The number of hydrogen-bond acceptors (Lipinski definition) is 3. The Morgan fingerprint density at radius 2 is 1.95 bits per heavy atom. The minimum Gasteiger partial charge on any atom is -0.365 e. The van der Waals surface area contributed by atoms with Crippen molar-refractivity contribution in [2.75, 3.05) is 39.1 Å². The number of rotatable bonds is 7. The summed E-state index contributed by atoms with van der Waals surface area (Å²) in [5, 5.41) is 3.40. The molecule has 0 heterocycles. The molecule has 1 amide bonds. The Morgan fingerprint density at radius 1 is 1.25 bits per heavy atom. The lowest BCUT2D eigenvalue weighted by molar-refractivity contribution is -0.127. The van der Waals surface area contributed by atoms with E-state index in [1.165, 1.54) is 11.1 Å². The molecule has 1 aromatic rings. The number of nitrogens with zero attached hydrogens (tertiary/aromatic N) is 2. The molecule has 0 atom stereocenters. The average Bonchev–Trinajstić information content (AvgIpc) is 2.38. The van der Waals surface area contributed by atoms with Crippen LogP contribution in [0.25, 0.3) is 0 Å². The fourth-order valence-corrected chi connectivity index (χ4v) is 2.09. The number of hydrogen-bond donors (Lipinski definition) is 1. The van der Waals surface area contributed by atoms with Crippen molar-refractivity contribution in [3.05, 3.63) is 29.3 Å². The highest BCUT2D eigenvalue weighted by Crippen LogP contribution is 2.20. The molecule has 1 aromatic carbocycles. The number of carbonyl (C=O) groups excluding carboxylic acids is 1. The molecular formula is C16H27N3O. The maximum atomic E-state index is 11.8. The lowest BCUT2D eigenvalue weighted by Gasteiger charge is -2.23. The van der Waals surface area contributed by atoms with Gasteiger partial charge in [0.05, 0.1) is 6.54 Å². The zero-order valence-electron chi connectivity index (χ0n) is 13.4. The first-order valence-electron chi connectivity index (χ1n) is 7.17. The molecular weight excluding hydrogens is 250 g/mol. The van der Waals surface area contributed by atoms with Crippen LogP contribution in [-0.4, -0.2) is 45.0 Å². The molecule has 0 radical (unpaired) electrons. The molecule has 20 heavy (non-hydrogen) atoms.